The van der Waals surface area contributed by atoms with Crippen molar-refractivity contribution in [3.63, 3.8) is 0 Å². The molecule has 98 valence electrons. The minimum Gasteiger partial charge on any atom is -0.379 e. The Morgan fingerprint density at radius 3 is 2.76 bits per heavy atom. The highest BCUT2D eigenvalue weighted by molar-refractivity contribution is 7.16. The molecule has 1 rings (SSSR count). The molecule has 17 heavy (non-hydrogen) atoms. The third-order valence-electron chi connectivity index (χ3n) is 2.40. The second-order valence-corrected chi connectivity index (χ2v) is 5.98. The molecule has 1 aromatic rings. The molecule has 0 radical (unpaired) electrons. The molecule has 0 aliphatic rings. The van der Waals surface area contributed by atoms with Gasteiger partial charge >= 0.3 is 0 Å². The van der Waals surface area contributed by atoms with Crippen LogP contribution in [-0.4, -0.2) is 45.3 Å². The van der Waals surface area contributed by atoms with E-state index >= 15 is 0 Å². The first kappa shape index (κ1) is 14.9. The lowest BCUT2D eigenvalue weighted by molar-refractivity contribution is 0.118. The number of nitrogens with one attached hydrogen (secondary N) is 1. The molecule has 0 saturated heterocycles. The molecule has 1 aromatic heterocycles. The van der Waals surface area contributed by atoms with E-state index in [1.54, 1.807) is 11.3 Å². The zero-order valence-electron chi connectivity index (χ0n) is 10.7. The van der Waals surface area contributed by atoms with Gasteiger partial charge in [-0.15, -0.1) is 11.3 Å². The highest BCUT2D eigenvalue weighted by Gasteiger charge is 2.06. The van der Waals surface area contributed by atoms with Gasteiger partial charge in [-0.3, -0.25) is 0 Å². The van der Waals surface area contributed by atoms with E-state index in [1.165, 1.54) is 4.88 Å². The maximum absolute atomic E-state index is 5.90. The second-order valence-electron chi connectivity index (χ2n) is 4.23. The van der Waals surface area contributed by atoms with Crippen molar-refractivity contribution in [2.24, 2.45) is 0 Å². The van der Waals surface area contributed by atoms with Crippen LogP contribution in [0.1, 0.15) is 17.8 Å². The van der Waals surface area contributed by atoms with Gasteiger partial charge in [-0.2, -0.15) is 0 Å². The molecule has 0 bridgehead atoms. The van der Waals surface area contributed by atoms with Crippen molar-refractivity contribution in [3.05, 3.63) is 21.3 Å². The van der Waals surface area contributed by atoms with Gasteiger partial charge in [0.1, 0.15) is 0 Å². The van der Waals surface area contributed by atoms with Gasteiger partial charge in [0, 0.05) is 24.0 Å². The maximum atomic E-state index is 5.90. The van der Waals surface area contributed by atoms with Gasteiger partial charge in [0.15, 0.2) is 0 Å². The third kappa shape index (κ3) is 6.38. The second kappa shape index (κ2) is 8.06. The van der Waals surface area contributed by atoms with E-state index in [0.717, 1.165) is 30.6 Å². The Morgan fingerprint density at radius 1 is 1.41 bits per heavy atom. The van der Waals surface area contributed by atoms with E-state index in [0.29, 0.717) is 6.04 Å². The molecule has 0 saturated carbocycles. The minimum absolute atomic E-state index is 0.338. The van der Waals surface area contributed by atoms with E-state index in [1.807, 2.05) is 20.2 Å². The molecule has 0 amide bonds. The first-order chi connectivity index (χ1) is 8.09. The summed E-state index contributed by atoms with van der Waals surface area (Å²) in [5, 5.41) is 3.41. The molecule has 5 heteroatoms. The van der Waals surface area contributed by atoms with E-state index in [-0.39, 0.29) is 0 Å². The Kier molecular flexibility index (Phi) is 7.08. The molecule has 0 fully saturated rings. The molecule has 1 unspecified atom stereocenters. The average Bonchev–Trinajstić information content (AvgIpc) is 2.69. The summed E-state index contributed by atoms with van der Waals surface area (Å²) in [5.41, 5.74) is 0. The van der Waals surface area contributed by atoms with Crippen LogP contribution in [0.25, 0.3) is 0 Å². The lowest BCUT2D eigenvalue weighted by atomic mass is 10.3. The number of rotatable bonds is 8. The Morgan fingerprint density at radius 2 is 2.18 bits per heavy atom. The van der Waals surface area contributed by atoms with Gasteiger partial charge < -0.3 is 15.0 Å². The normalized spacial score (nSPS) is 13.2. The fourth-order valence-corrected chi connectivity index (χ4v) is 2.45. The predicted molar refractivity (Wildman–Crippen MR) is 75.1 cm³/mol. The monoisotopic (exact) mass is 276 g/mol. The summed E-state index contributed by atoms with van der Waals surface area (Å²) in [6.45, 7) is 5.51. The Hall–Kier alpha value is -0.130. The number of halogens is 1. The summed E-state index contributed by atoms with van der Waals surface area (Å²) in [4.78, 5) is 3.38. The first-order valence-electron chi connectivity index (χ1n) is 5.80. The van der Waals surface area contributed by atoms with E-state index in [4.69, 9.17) is 16.3 Å². The quantitative estimate of drug-likeness (QED) is 0.739. The van der Waals surface area contributed by atoms with Gasteiger partial charge in [0.2, 0.25) is 0 Å². The van der Waals surface area contributed by atoms with Crippen LogP contribution in [0.5, 0.6) is 0 Å². The molecule has 0 spiro atoms. The van der Waals surface area contributed by atoms with Gasteiger partial charge in [0.05, 0.1) is 17.6 Å². The van der Waals surface area contributed by atoms with Crippen molar-refractivity contribution >= 4 is 22.9 Å². The summed E-state index contributed by atoms with van der Waals surface area (Å²) in [6, 6.07) is 4.34. The largest absolute Gasteiger partial charge is 0.379 e. The summed E-state index contributed by atoms with van der Waals surface area (Å²) < 4.78 is 6.35. The third-order valence-corrected chi connectivity index (χ3v) is 3.81. The van der Waals surface area contributed by atoms with Crippen molar-refractivity contribution < 1.29 is 4.74 Å². The summed E-state index contributed by atoms with van der Waals surface area (Å²) in [6.07, 6.45) is 0. The van der Waals surface area contributed by atoms with Crippen molar-refractivity contribution in [1.29, 1.82) is 0 Å². The molecule has 0 aliphatic carbocycles. The van der Waals surface area contributed by atoms with Gasteiger partial charge in [-0.1, -0.05) is 11.6 Å². The molecule has 1 heterocycles. The van der Waals surface area contributed by atoms with Crippen LogP contribution in [0.2, 0.25) is 4.34 Å². The van der Waals surface area contributed by atoms with E-state index in [2.05, 4.69) is 23.2 Å². The van der Waals surface area contributed by atoms with E-state index in [9.17, 15) is 0 Å². The number of likely N-dealkylation sites (N-methyl/N-ethyl adjacent to an activating group) is 1. The van der Waals surface area contributed by atoms with Gasteiger partial charge in [-0.25, -0.2) is 0 Å². The highest BCUT2D eigenvalue weighted by atomic mass is 35.5. The Labute approximate surface area is 113 Å². The number of ether oxygens (including phenoxy) is 1. The molecule has 0 aromatic carbocycles. The van der Waals surface area contributed by atoms with Crippen molar-refractivity contribution in [3.8, 4) is 0 Å². The molecule has 1 atom stereocenters. The zero-order chi connectivity index (χ0) is 12.7. The average molecular weight is 277 g/mol. The lowest BCUT2D eigenvalue weighted by Crippen LogP contribution is -2.24. The van der Waals surface area contributed by atoms with Crippen LogP contribution in [0, 0.1) is 0 Å². The Balaban J connectivity index is 2.06. The predicted octanol–water partition coefficient (Wildman–Crippen LogP) is 2.63. The molecular weight excluding hydrogens is 256 g/mol. The summed E-state index contributed by atoms with van der Waals surface area (Å²) in [5.74, 6) is 0. The topological polar surface area (TPSA) is 24.5 Å². The number of hydrogen-bond acceptors (Lipinski definition) is 4. The van der Waals surface area contributed by atoms with Crippen LogP contribution >= 0.6 is 22.9 Å². The van der Waals surface area contributed by atoms with Gasteiger partial charge in [-0.05, 0) is 33.2 Å². The molecule has 0 aliphatic heterocycles. The van der Waals surface area contributed by atoms with Crippen molar-refractivity contribution in [1.82, 2.24) is 10.2 Å². The zero-order valence-corrected chi connectivity index (χ0v) is 12.3. The maximum Gasteiger partial charge on any atom is 0.0931 e. The van der Waals surface area contributed by atoms with E-state index < -0.39 is 0 Å². The SMILES string of the molecule is CC(NCCOCCN(C)C)c1ccc(Cl)s1. The van der Waals surface area contributed by atoms with Crippen LogP contribution < -0.4 is 5.32 Å². The van der Waals surface area contributed by atoms with Gasteiger partial charge in [0.25, 0.3) is 0 Å². The molecular formula is C12H21ClN2OS. The van der Waals surface area contributed by atoms with Crippen LogP contribution in [0.4, 0.5) is 0 Å². The summed E-state index contributed by atoms with van der Waals surface area (Å²) in [7, 11) is 4.09. The fourth-order valence-electron chi connectivity index (χ4n) is 1.36. The molecule has 1 N–H and O–H groups in total. The van der Waals surface area contributed by atoms with Crippen LogP contribution in [-0.2, 0) is 4.74 Å². The van der Waals surface area contributed by atoms with Crippen LogP contribution in [0.15, 0.2) is 12.1 Å². The number of hydrogen-bond donors (Lipinski definition) is 1. The first-order valence-corrected chi connectivity index (χ1v) is 7.00. The highest BCUT2D eigenvalue weighted by Crippen LogP contribution is 2.26. The standard InChI is InChI=1S/C12H21ClN2OS/c1-10(11-4-5-12(13)17-11)14-6-8-16-9-7-15(2)3/h4-5,10,14H,6-9H2,1-3H3. The lowest BCUT2D eigenvalue weighted by Gasteiger charge is -2.13. The van der Waals surface area contributed by atoms with Crippen molar-refractivity contribution in [2.75, 3.05) is 40.4 Å². The minimum atomic E-state index is 0.338. The smallest absolute Gasteiger partial charge is 0.0931 e. The number of thiophene rings is 1. The fraction of sp³-hybridized carbons (Fsp3) is 0.667. The molecule has 3 nitrogen and oxygen atoms in total. The van der Waals surface area contributed by atoms with Crippen LogP contribution in [0.3, 0.4) is 0 Å². The number of nitrogens with zero attached hydrogens (tertiary/aromatic N) is 1. The van der Waals surface area contributed by atoms with Crippen molar-refractivity contribution in [2.45, 2.75) is 13.0 Å². The summed E-state index contributed by atoms with van der Waals surface area (Å²) >= 11 is 7.52. The Bertz CT molecular complexity index is 317.